The molecule has 1 fully saturated rings. The molecule has 2 rings (SSSR count). The number of hydrogen-bond donors (Lipinski definition) is 1. The van der Waals surface area contributed by atoms with Crippen molar-refractivity contribution in [3.8, 4) is 5.75 Å². The molecule has 0 aliphatic heterocycles. The third kappa shape index (κ3) is 2.56. The Bertz CT molecular complexity index is 352. The first-order valence-corrected chi connectivity index (χ1v) is 6.12. The highest BCUT2D eigenvalue weighted by atomic mass is 16.5. The molecular formula is C14H20O2. The third-order valence-corrected chi connectivity index (χ3v) is 3.21. The molecule has 0 spiro atoms. The van der Waals surface area contributed by atoms with Crippen LogP contribution in [0.3, 0.4) is 0 Å². The Balaban J connectivity index is 2.19. The van der Waals surface area contributed by atoms with Crippen LogP contribution in [0.1, 0.15) is 49.8 Å². The number of ether oxygens (including phenoxy) is 1. The lowest BCUT2D eigenvalue weighted by molar-refractivity contribution is 0.174. The molecule has 0 aromatic heterocycles. The highest BCUT2D eigenvalue weighted by molar-refractivity contribution is 5.38. The summed E-state index contributed by atoms with van der Waals surface area (Å²) in [7, 11) is 0. The van der Waals surface area contributed by atoms with Crippen LogP contribution in [0.2, 0.25) is 0 Å². The number of aliphatic hydroxyl groups excluding tert-OH is 1. The van der Waals surface area contributed by atoms with Crippen LogP contribution in [0, 0.1) is 6.92 Å². The fourth-order valence-electron chi connectivity index (χ4n) is 2.27. The molecule has 2 heteroatoms. The molecule has 1 aromatic rings. The lowest BCUT2D eigenvalue weighted by Gasteiger charge is -2.18. The molecule has 0 amide bonds. The number of rotatable bonds is 3. The first-order chi connectivity index (χ1) is 7.66. The smallest absolute Gasteiger partial charge is 0.125 e. The summed E-state index contributed by atoms with van der Waals surface area (Å²) in [6, 6.07) is 6.01. The third-order valence-electron chi connectivity index (χ3n) is 3.21. The average molecular weight is 220 g/mol. The number of hydrogen-bond acceptors (Lipinski definition) is 2. The van der Waals surface area contributed by atoms with Gasteiger partial charge >= 0.3 is 0 Å². The molecule has 0 heterocycles. The molecule has 1 N–H and O–H groups in total. The van der Waals surface area contributed by atoms with E-state index in [0.29, 0.717) is 6.10 Å². The summed E-state index contributed by atoms with van der Waals surface area (Å²) in [5, 5.41) is 9.69. The van der Waals surface area contributed by atoms with E-state index in [-0.39, 0.29) is 0 Å². The van der Waals surface area contributed by atoms with E-state index in [9.17, 15) is 5.11 Å². The predicted octanol–water partition coefficient (Wildman–Crippen LogP) is 3.37. The lowest BCUT2D eigenvalue weighted by Crippen LogP contribution is -2.13. The monoisotopic (exact) mass is 220 g/mol. The topological polar surface area (TPSA) is 29.5 Å². The van der Waals surface area contributed by atoms with E-state index in [1.165, 1.54) is 18.4 Å². The van der Waals surface area contributed by atoms with Gasteiger partial charge in [0.05, 0.1) is 12.2 Å². The average Bonchev–Trinajstić information content (AvgIpc) is 2.70. The Hall–Kier alpha value is -1.02. The zero-order chi connectivity index (χ0) is 11.5. The molecule has 1 aliphatic carbocycles. The van der Waals surface area contributed by atoms with E-state index >= 15 is 0 Å². The van der Waals surface area contributed by atoms with Crippen molar-refractivity contribution in [1.82, 2.24) is 0 Å². The maximum absolute atomic E-state index is 9.69. The second-order valence-electron chi connectivity index (χ2n) is 4.74. The van der Waals surface area contributed by atoms with Crippen LogP contribution < -0.4 is 4.74 Å². The fraction of sp³-hybridized carbons (Fsp3) is 0.571. The summed E-state index contributed by atoms with van der Waals surface area (Å²) in [4.78, 5) is 0. The molecular weight excluding hydrogens is 200 g/mol. The summed E-state index contributed by atoms with van der Waals surface area (Å²) in [5.74, 6) is 0.863. The summed E-state index contributed by atoms with van der Waals surface area (Å²) in [6.45, 7) is 3.83. The maximum Gasteiger partial charge on any atom is 0.125 e. The quantitative estimate of drug-likeness (QED) is 0.846. The van der Waals surface area contributed by atoms with E-state index < -0.39 is 6.10 Å². The van der Waals surface area contributed by atoms with Crippen molar-refractivity contribution >= 4 is 0 Å². The number of aliphatic hydroxyl groups is 1. The van der Waals surface area contributed by atoms with Gasteiger partial charge in [0, 0.05) is 5.56 Å². The number of aryl methyl sites for hydroxylation is 1. The summed E-state index contributed by atoms with van der Waals surface area (Å²) in [5.41, 5.74) is 2.08. The predicted molar refractivity (Wildman–Crippen MR) is 64.7 cm³/mol. The van der Waals surface area contributed by atoms with Crippen LogP contribution in [-0.4, -0.2) is 11.2 Å². The van der Waals surface area contributed by atoms with Gasteiger partial charge in [-0.05, 0) is 51.2 Å². The van der Waals surface area contributed by atoms with Crippen LogP contribution >= 0.6 is 0 Å². The van der Waals surface area contributed by atoms with E-state index in [1.54, 1.807) is 6.92 Å². The minimum absolute atomic E-state index is 0.347. The highest BCUT2D eigenvalue weighted by Crippen LogP contribution is 2.30. The first kappa shape index (κ1) is 11.5. The van der Waals surface area contributed by atoms with Gasteiger partial charge in [-0.2, -0.15) is 0 Å². The molecule has 1 atom stereocenters. The first-order valence-electron chi connectivity index (χ1n) is 6.12. The molecule has 88 valence electrons. The van der Waals surface area contributed by atoms with Gasteiger partial charge < -0.3 is 9.84 Å². The standard InChI is InChI=1S/C14H20O2/c1-10-7-8-13(11(2)15)14(9-10)16-12-5-3-4-6-12/h7-9,11-12,15H,3-6H2,1-2H3/t11-/m1/s1. The van der Waals surface area contributed by atoms with Crippen molar-refractivity contribution in [2.45, 2.75) is 51.7 Å². The van der Waals surface area contributed by atoms with Crippen molar-refractivity contribution in [2.24, 2.45) is 0 Å². The minimum Gasteiger partial charge on any atom is -0.490 e. The van der Waals surface area contributed by atoms with Crippen LogP contribution in [0.4, 0.5) is 0 Å². The van der Waals surface area contributed by atoms with Gasteiger partial charge in [-0.1, -0.05) is 12.1 Å². The summed E-state index contributed by atoms with van der Waals surface area (Å²) >= 11 is 0. The van der Waals surface area contributed by atoms with Crippen molar-refractivity contribution in [1.29, 1.82) is 0 Å². The molecule has 0 bridgehead atoms. The Morgan fingerprint density at radius 3 is 2.62 bits per heavy atom. The molecule has 0 radical (unpaired) electrons. The van der Waals surface area contributed by atoms with E-state index in [0.717, 1.165) is 24.2 Å². The Kier molecular flexibility index (Phi) is 3.49. The second-order valence-corrected chi connectivity index (χ2v) is 4.74. The van der Waals surface area contributed by atoms with Crippen LogP contribution in [0.15, 0.2) is 18.2 Å². The van der Waals surface area contributed by atoms with E-state index in [4.69, 9.17) is 4.74 Å². The lowest BCUT2D eigenvalue weighted by atomic mass is 10.1. The van der Waals surface area contributed by atoms with Crippen LogP contribution in [0.5, 0.6) is 5.75 Å². The molecule has 0 saturated heterocycles. The van der Waals surface area contributed by atoms with Gasteiger partial charge in [-0.3, -0.25) is 0 Å². The summed E-state index contributed by atoms with van der Waals surface area (Å²) in [6.07, 6.45) is 4.71. The minimum atomic E-state index is -0.461. The van der Waals surface area contributed by atoms with Crippen molar-refractivity contribution in [3.05, 3.63) is 29.3 Å². The van der Waals surface area contributed by atoms with Crippen molar-refractivity contribution in [2.75, 3.05) is 0 Å². The molecule has 16 heavy (non-hydrogen) atoms. The van der Waals surface area contributed by atoms with Crippen molar-refractivity contribution < 1.29 is 9.84 Å². The Morgan fingerprint density at radius 1 is 1.31 bits per heavy atom. The van der Waals surface area contributed by atoms with Gasteiger partial charge in [0.25, 0.3) is 0 Å². The van der Waals surface area contributed by atoms with Crippen LogP contribution in [-0.2, 0) is 0 Å². The summed E-state index contributed by atoms with van der Waals surface area (Å²) < 4.78 is 5.99. The fourth-order valence-corrected chi connectivity index (χ4v) is 2.27. The molecule has 2 nitrogen and oxygen atoms in total. The largest absolute Gasteiger partial charge is 0.490 e. The second kappa shape index (κ2) is 4.88. The molecule has 0 unspecified atom stereocenters. The molecule has 1 saturated carbocycles. The number of benzene rings is 1. The van der Waals surface area contributed by atoms with Crippen molar-refractivity contribution in [3.63, 3.8) is 0 Å². The Labute approximate surface area is 97.3 Å². The normalized spacial score (nSPS) is 18.7. The molecule has 1 aromatic carbocycles. The van der Waals surface area contributed by atoms with Gasteiger partial charge in [0.1, 0.15) is 5.75 Å². The molecule has 1 aliphatic rings. The van der Waals surface area contributed by atoms with Crippen LogP contribution in [0.25, 0.3) is 0 Å². The van der Waals surface area contributed by atoms with Gasteiger partial charge in [-0.25, -0.2) is 0 Å². The Morgan fingerprint density at radius 2 is 2.00 bits per heavy atom. The van der Waals surface area contributed by atoms with Gasteiger partial charge in [0.2, 0.25) is 0 Å². The zero-order valence-corrected chi connectivity index (χ0v) is 10.1. The van der Waals surface area contributed by atoms with Gasteiger partial charge in [0.15, 0.2) is 0 Å². The SMILES string of the molecule is Cc1ccc([C@@H](C)O)c(OC2CCCC2)c1. The maximum atomic E-state index is 9.69. The van der Waals surface area contributed by atoms with Gasteiger partial charge in [-0.15, -0.1) is 0 Å². The zero-order valence-electron chi connectivity index (χ0n) is 10.1. The van der Waals surface area contributed by atoms with E-state index in [1.807, 2.05) is 25.1 Å². The van der Waals surface area contributed by atoms with E-state index in [2.05, 4.69) is 0 Å². The highest BCUT2D eigenvalue weighted by Gasteiger charge is 2.19.